The molecule has 6 nitrogen and oxygen atoms in total. The van der Waals surface area contributed by atoms with Crippen LogP contribution in [0.15, 0.2) is 24.4 Å². The molecule has 1 aromatic heterocycles. The molecule has 2 rings (SSSR count). The van der Waals surface area contributed by atoms with Crippen LogP contribution in [0.25, 0.3) is 11.3 Å². The van der Waals surface area contributed by atoms with Crippen molar-refractivity contribution in [2.24, 2.45) is 0 Å². The van der Waals surface area contributed by atoms with E-state index in [9.17, 15) is 13.2 Å². The van der Waals surface area contributed by atoms with Gasteiger partial charge in [0.25, 0.3) is 0 Å². The molecule has 0 saturated carbocycles. The molecule has 0 aliphatic carbocycles. The van der Waals surface area contributed by atoms with Crippen LogP contribution in [0.4, 0.5) is 13.2 Å². The second-order valence-electron chi connectivity index (χ2n) is 6.50. The Bertz CT molecular complexity index is 734. The molecule has 156 valence electrons. The van der Waals surface area contributed by atoms with Crippen LogP contribution in [-0.2, 0) is 17.5 Å². The highest BCUT2D eigenvalue weighted by molar-refractivity contribution is 5.65. The number of halogens is 3. The van der Waals surface area contributed by atoms with Crippen molar-refractivity contribution in [3.05, 3.63) is 35.5 Å². The van der Waals surface area contributed by atoms with E-state index in [2.05, 4.69) is 20.4 Å². The zero-order valence-electron chi connectivity index (χ0n) is 16.4. The number of nitrogens with one attached hydrogen (secondary N) is 2. The number of ether oxygens (including phenoxy) is 2. The molecular weight excluding hydrogens is 373 g/mol. The minimum Gasteiger partial charge on any atom is -0.493 e. The molecule has 0 aliphatic rings. The maximum atomic E-state index is 13.5. The van der Waals surface area contributed by atoms with E-state index in [1.807, 2.05) is 14.1 Å². The number of aromatic nitrogens is 2. The van der Waals surface area contributed by atoms with Crippen LogP contribution in [0.3, 0.4) is 0 Å². The Morgan fingerprint density at radius 1 is 1.25 bits per heavy atom. The van der Waals surface area contributed by atoms with Crippen LogP contribution >= 0.6 is 0 Å². The number of nitrogens with zero attached hydrogens (tertiary/aromatic N) is 2. The summed E-state index contributed by atoms with van der Waals surface area (Å²) >= 11 is 0. The number of rotatable bonds is 11. The predicted octanol–water partition coefficient (Wildman–Crippen LogP) is 3.16. The third kappa shape index (κ3) is 6.22. The first-order valence-electron chi connectivity index (χ1n) is 9.06. The first kappa shape index (κ1) is 22.2. The third-order valence-electron chi connectivity index (χ3n) is 4.21. The average molecular weight is 400 g/mol. The Morgan fingerprint density at radius 3 is 2.71 bits per heavy atom. The lowest BCUT2D eigenvalue weighted by atomic mass is 10.0. The lowest BCUT2D eigenvalue weighted by Crippen LogP contribution is -2.27. The molecular formula is C19H27F3N4O2. The van der Waals surface area contributed by atoms with Crippen LogP contribution in [-0.4, -0.2) is 62.6 Å². The largest absolute Gasteiger partial charge is 0.493 e. The zero-order chi connectivity index (χ0) is 20.6. The van der Waals surface area contributed by atoms with Crippen molar-refractivity contribution in [3.8, 4) is 17.0 Å². The van der Waals surface area contributed by atoms with Gasteiger partial charge in [-0.1, -0.05) is 0 Å². The fraction of sp³-hybridized carbons (Fsp3) is 0.526. The molecule has 1 aromatic carbocycles. The average Bonchev–Trinajstić information content (AvgIpc) is 3.11. The molecule has 0 saturated heterocycles. The molecule has 0 aliphatic heterocycles. The summed E-state index contributed by atoms with van der Waals surface area (Å²) in [5.74, 6) is -0.185. The molecule has 0 unspecified atom stereocenters. The summed E-state index contributed by atoms with van der Waals surface area (Å²) in [4.78, 5) is 2.07. The molecule has 1 heterocycles. The lowest BCUT2D eigenvalue weighted by molar-refractivity contribution is -0.138. The molecule has 0 atom stereocenters. The molecule has 0 radical (unpaired) electrons. The number of hydrogen-bond donors (Lipinski definition) is 2. The van der Waals surface area contributed by atoms with Gasteiger partial charge in [0.05, 0.1) is 17.9 Å². The minimum atomic E-state index is -4.52. The summed E-state index contributed by atoms with van der Waals surface area (Å²) in [6.45, 7) is 2.78. The van der Waals surface area contributed by atoms with E-state index in [1.54, 1.807) is 12.3 Å². The zero-order valence-corrected chi connectivity index (χ0v) is 16.4. The highest BCUT2D eigenvalue weighted by Gasteiger charge is 2.35. The number of methoxy groups -OCH3 is 1. The maximum absolute atomic E-state index is 13.5. The highest BCUT2D eigenvalue weighted by atomic mass is 19.4. The van der Waals surface area contributed by atoms with Crippen molar-refractivity contribution in [3.63, 3.8) is 0 Å². The number of hydrogen-bond acceptors (Lipinski definition) is 5. The van der Waals surface area contributed by atoms with Gasteiger partial charge in [-0.15, -0.1) is 0 Å². The van der Waals surface area contributed by atoms with Gasteiger partial charge in [0.2, 0.25) is 0 Å². The Balaban J connectivity index is 2.24. The molecule has 2 aromatic rings. The van der Waals surface area contributed by atoms with Crippen molar-refractivity contribution in [2.75, 3.05) is 47.5 Å². The quantitative estimate of drug-likeness (QED) is 0.568. The number of benzene rings is 1. The maximum Gasteiger partial charge on any atom is 0.419 e. The van der Waals surface area contributed by atoms with Crippen LogP contribution in [0.1, 0.15) is 17.5 Å². The van der Waals surface area contributed by atoms with Crippen molar-refractivity contribution >= 4 is 0 Å². The smallest absolute Gasteiger partial charge is 0.419 e. The monoisotopic (exact) mass is 400 g/mol. The van der Waals surface area contributed by atoms with Crippen molar-refractivity contribution in [1.82, 2.24) is 20.4 Å². The Morgan fingerprint density at radius 2 is 2.04 bits per heavy atom. The van der Waals surface area contributed by atoms with E-state index >= 15 is 0 Å². The van der Waals surface area contributed by atoms with Gasteiger partial charge in [-0.3, -0.25) is 5.10 Å². The van der Waals surface area contributed by atoms with Gasteiger partial charge in [-0.05, 0) is 32.3 Å². The molecule has 2 N–H and O–H groups in total. The van der Waals surface area contributed by atoms with Crippen molar-refractivity contribution < 1.29 is 22.6 Å². The van der Waals surface area contributed by atoms with Gasteiger partial charge in [0.15, 0.2) is 0 Å². The van der Waals surface area contributed by atoms with Crippen molar-refractivity contribution in [1.29, 1.82) is 0 Å². The summed E-state index contributed by atoms with van der Waals surface area (Å²) in [6, 6.07) is 4.06. The van der Waals surface area contributed by atoms with Gasteiger partial charge in [-0.25, -0.2) is 0 Å². The van der Waals surface area contributed by atoms with Gasteiger partial charge in [-0.2, -0.15) is 18.3 Å². The lowest BCUT2D eigenvalue weighted by Gasteiger charge is -2.17. The minimum absolute atomic E-state index is 0.153. The molecule has 0 fully saturated rings. The second kappa shape index (κ2) is 10.4. The molecule has 9 heteroatoms. The summed E-state index contributed by atoms with van der Waals surface area (Å²) in [5.41, 5.74) is 0.933. The first-order chi connectivity index (χ1) is 13.4. The fourth-order valence-electron chi connectivity index (χ4n) is 2.77. The van der Waals surface area contributed by atoms with Gasteiger partial charge < -0.3 is 19.7 Å². The Kier molecular flexibility index (Phi) is 8.28. The van der Waals surface area contributed by atoms with E-state index in [0.717, 1.165) is 24.7 Å². The van der Waals surface area contributed by atoms with E-state index in [4.69, 9.17) is 9.47 Å². The van der Waals surface area contributed by atoms with Crippen molar-refractivity contribution in [2.45, 2.75) is 19.1 Å². The van der Waals surface area contributed by atoms with Gasteiger partial charge in [0.1, 0.15) is 5.75 Å². The van der Waals surface area contributed by atoms with Crippen LogP contribution in [0.2, 0.25) is 0 Å². The fourth-order valence-corrected chi connectivity index (χ4v) is 2.77. The number of H-pyrrole nitrogens is 1. The van der Waals surface area contributed by atoms with E-state index in [-0.39, 0.29) is 12.4 Å². The Labute approximate surface area is 163 Å². The number of aromatic amines is 1. The normalized spacial score (nSPS) is 12.0. The summed E-state index contributed by atoms with van der Waals surface area (Å²) in [7, 11) is 5.36. The number of alkyl halides is 3. The van der Waals surface area contributed by atoms with E-state index in [0.29, 0.717) is 30.8 Å². The van der Waals surface area contributed by atoms with E-state index in [1.165, 1.54) is 13.2 Å². The summed E-state index contributed by atoms with van der Waals surface area (Å²) in [6.07, 6.45) is -2.29. The number of likely N-dealkylation sites (N-methyl/N-ethyl adjacent to an activating group) is 2. The van der Waals surface area contributed by atoms with Crippen LogP contribution in [0, 0.1) is 0 Å². The molecule has 0 amide bonds. The molecule has 28 heavy (non-hydrogen) atoms. The SMILES string of the molecule is CNCCN(C)Cc1c[nH]nc1-c1ccc(OCCCOC)c(C(F)(F)F)c1. The highest BCUT2D eigenvalue weighted by Crippen LogP contribution is 2.39. The van der Waals surface area contributed by atoms with Crippen LogP contribution < -0.4 is 10.1 Å². The molecule has 0 spiro atoms. The summed E-state index contributed by atoms with van der Waals surface area (Å²) < 4.78 is 50.9. The van der Waals surface area contributed by atoms with Gasteiger partial charge in [0, 0.05) is 57.1 Å². The van der Waals surface area contributed by atoms with E-state index < -0.39 is 11.7 Å². The van der Waals surface area contributed by atoms with Gasteiger partial charge >= 0.3 is 6.18 Å². The topological polar surface area (TPSA) is 62.4 Å². The Hall–Kier alpha value is -2.10. The predicted molar refractivity (Wildman–Crippen MR) is 101 cm³/mol. The van der Waals surface area contributed by atoms with Crippen LogP contribution in [0.5, 0.6) is 5.75 Å². The molecule has 0 bridgehead atoms. The standard InChI is InChI=1S/C19H27F3N4O2/c1-23-7-8-26(2)13-15-12-24-25-18(15)14-5-6-17(28-10-4-9-27-3)16(11-14)19(20,21)22/h5-6,11-12,23H,4,7-10,13H2,1-3H3,(H,24,25). The first-order valence-corrected chi connectivity index (χ1v) is 9.06. The summed E-state index contributed by atoms with van der Waals surface area (Å²) in [5, 5.41) is 10.00. The third-order valence-corrected chi connectivity index (χ3v) is 4.21. The second-order valence-corrected chi connectivity index (χ2v) is 6.50.